The van der Waals surface area contributed by atoms with Crippen LogP contribution in [-0.2, 0) is 35.5 Å². The van der Waals surface area contributed by atoms with Gasteiger partial charge in [0.2, 0.25) is 11.8 Å². The Morgan fingerprint density at radius 2 is 2.00 bits per heavy atom. The van der Waals surface area contributed by atoms with Crippen LogP contribution in [0.1, 0.15) is 17.0 Å². The van der Waals surface area contributed by atoms with Crippen LogP contribution in [-0.4, -0.2) is 62.3 Å². The fourth-order valence-electron chi connectivity index (χ4n) is 3.26. The zero-order chi connectivity index (χ0) is 18.2. The number of hydrogen-bond donors (Lipinski definition) is 1. The summed E-state index contributed by atoms with van der Waals surface area (Å²) in [4.78, 5) is 37.8. The summed E-state index contributed by atoms with van der Waals surface area (Å²) in [5, 5.41) is 2.43. The van der Waals surface area contributed by atoms with Crippen LogP contribution < -0.4 is 5.32 Å². The first kappa shape index (κ1) is 17.4. The molecule has 1 aromatic rings. The lowest BCUT2D eigenvalue weighted by atomic mass is 9.89. The van der Waals surface area contributed by atoms with Gasteiger partial charge in [-0.25, -0.2) is 8.42 Å². The fourth-order valence-corrected chi connectivity index (χ4v) is 4.60. The van der Waals surface area contributed by atoms with Gasteiger partial charge in [-0.2, -0.15) is 0 Å². The van der Waals surface area contributed by atoms with Crippen LogP contribution in [0.3, 0.4) is 0 Å². The maximum absolute atomic E-state index is 12.7. The summed E-state index contributed by atoms with van der Waals surface area (Å²) in [7, 11) is -2.33. The average molecular weight is 366 g/mol. The van der Waals surface area contributed by atoms with Gasteiger partial charge in [-0.3, -0.25) is 14.4 Å². The van der Waals surface area contributed by atoms with Gasteiger partial charge >= 0.3 is 5.97 Å². The molecule has 1 fully saturated rings. The van der Waals surface area contributed by atoms with E-state index in [1.54, 1.807) is 18.2 Å². The van der Waals surface area contributed by atoms with Crippen molar-refractivity contribution in [1.29, 1.82) is 0 Å². The Balaban J connectivity index is 1.87. The molecule has 0 aromatic heterocycles. The van der Waals surface area contributed by atoms with Crippen molar-refractivity contribution in [3.05, 3.63) is 35.4 Å². The van der Waals surface area contributed by atoms with Crippen molar-refractivity contribution in [2.45, 2.75) is 18.5 Å². The molecule has 1 N–H and O–H groups in total. The molecule has 2 aliphatic rings. The van der Waals surface area contributed by atoms with Crippen molar-refractivity contribution in [3.8, 4) is 0 Å². The van der Waals surface area contributed by atoms with Crippen molar-refractivity contribution < 1.29 is 27.5 Å². The van der Waals surface area contributed by atoms with Crippen molar-refractivity contribution >= 4 is 27.6 Å². The highest BCUT2D eigenvalue weighted by molar-refractivity contribution is 7.92. The van der Waals surface area contributed by atoms with Gasteiger partial charge in [-0.1, -0.05) is 24.3 Å². The van der Waals surface area contributed by atoms with Gasteiger partial charge in [0.05, 0.1) is 18.8 Å². The second-order valence-corrected chi connectivity index (χ2v) is 8.28. The molecule has 25 heavy (non-hydrogen) atoms. The molecular weight excluding hydrogens is 348 g/mol. The number of hydrogen-bond acceptors (Lipinski definition) is 6. The Morgan fingerprint density at radius 1 is 1.28 bits per heavy atom. The molecule has 2 amide bonds. The average Bonchev–Trinajstić information content (AvgIpc) is 2.57. The van der Waals surface area contributed by atoms with Gasteiger partial charge in [0.1, 0.15) is 11.8 Å². The molecule has 0 aliphatic carbocycles. The second-order valence-electron chi connectivity index (χ2n) is 6.17. The molecule has 1 aromatic carbocycles. The second kappa shape index (κ2) is 6.47. The first-order valence-corrected chi connectivity index (χ1v) is 9.57. The summed E-state index contributed by atoms with van der Waals surface area (Å²) in [5.74, 6) is -3.35. The SMILES string of the molecule is COC(=O)C1CN(C(=O)C2CS(=O)(=O)CC(=O)N2)Cc2ccccc21. The van der Waals surface area contributed by atoms with Crippen LogP contribution in [0.25, 0.3) is 0 Å². The number of methoxy groups -OCH3 is 1. The normalized spacial score (nSPS) is 24.8. The number of sulfone groups is 1. The lowest BCUT2D eigenvalue weighted by molar-refractivity contribution is -0.145. The van der Waals surface area contributed by atoms with E-state index < -0.39 is 51.1 Å². The van der Waals surface area contributed by atoms with Crippen LogP contribution in [0.5, 0.6) is 0 Å². The van der Waals surface area contributed by atoms with Crippen molar-refractivity contribution in [2.75, 3.05) is 25.2 Å². The molecule has 2 unspecified atom stereocenters. The zero-order valence-electron chi connectivity index (χ0n) is 13.6. The monoisotopic (exact) mass is 366 g/mol. The van der Waals surface area contributed by atoms with E-state index in [2.05, 4.69) is 5.32 Å². The minimum absolute atomic E-state index is 0.0783. The van der Waals surface area contributed by atoms with Crippen LogP contribution in [0.15, 0.2) is 24.3 Å². The summed E-state index contributed by atoms with van der Waals surface area (Å²) in [5.41, 5.74) is 1.58. The van der Waals surface area contributed by atoms with Gasteiger partial charge in [0.25, 0.3) is 0 Å². The summed E-state index contributed by atoms with van der Waals surface area (Å²) in [6.45, 7) is 0.323. The topological polar surface area (TPSA) is 110 Å². The predicted octanol–water partition coefficient (Wildman–Crippen LogP) is -0.801. The lowest BCUT2D eigenvalue weighted by Crippen LogP contribution is -2.58. The summed E-state index contributed by atoms with van der Waals surface area (Å²) in [6.07, 6.45) is 0. The summed E-state index contributed by atoms with van der Waals surface area (Å²) >= 11 is 0. The Kier molecular flexibility index (Phi) is 4.51. The van der Waals surface area contributed by atoms with Crippen molar-refractivity contribution in [3.63, 3.8) is 0 Å². The number of nitrogens with zero attached hydrogens (tertiary/aromatic N) is 1. The minimum Gasteiger partial charge on any atom is -0.468 e. The number of rotatable bonds is 2. The van der Waals surface area contributed by atoms with Crippen LogP contribution in [0.2, 0.25) is 0 Å². The Hall–Kier alpha value is -2.42. The number of benzene rings is 1. The molecule has 134 valence electrons. The van der Waals surface area contributed by atoms with Gasteiger partial charge in [0.15, 0.2) is 9.84 Å². The third kappa shape index (κ3) is 3.51. The van der Waals surface area contributed by atoms with E-state index in [1.165, 1.54) is 12.0 Å². The van der Waals surface area contributed by atoms with E-state index in [-0.39, 0.29) is 13.1 Å². The molecule has 8 nitrogen and oxygen atoms in total. The quantitative estimate of drug-likeness (QED) is 0.686. The van der Waals surface area contributed by atoms with E-state index in [0.717, 1.165) is 11.1 Å². The zero-order valence-corrected chi connectivity index (χ0v) is 14.4. The number of nitrogens with one attached hydrogen (secondary N) is 1. The predicted molar refractivity (Wildman–Crippen MR) is 87.2 cm³/mol. The molecule has 0 spiro atoms. The standard InChI is InChI=1S/C16H18N2O6S/c1-24-16(21)12-7-18(6-10-4-2-3-5-11(10)12)15(20)13-8-25(22,23)9-14(19)17-13/h2-5,12-13H,6-9H2,1H3,(H,17,19). The molecule has 0 radical (unpaired) electrons. The lowest BCUT2D eigenvalue weighted by Gasteiger charge is -2.36. The Labute approximate surface area is 145 Å². The van der Waals surface area contributed by atoms with E-state index in [0.29, 0.717) is 0 Å². The van der Waals surface area contributed by atoms with Crippen LogP contribution in [0, 0.1) is 0 Å². The van der Waals surface area contributed by atoms with Gasteiger partial charge < -0.3 is 15.0 Å². The third-order valence-corrected chi connectivity index (χ3v) is 5.94. The first-order valence-electron chi connectivity index (χ1n) is 7.75. The molecule has 3 rings (SSSR count). The maximum atomic E-state index is 12.7. The van der Waals surface area contributed by atoms with Crippen LogP contribution >= 0.6 is 0 Å². The molecule has 2 atom stereocenters. The van der Waals surface area contributed by atoms with Crippen molar-refractivity contribution in [1.82, 2.24) is 10.2 Å². The van der Waals surface area contributed by atoms with Crippen molar-refractivity contribution in [2.24, 2.45) is 0 Å². The molecular formula is C16H18N2O6S. The number of esters is 1. The van der Waals surface area contributed by atoms with E-state index in [4.69, 9.17) is 4.74 Å². The number of fused-ring (bicyclic) bond motifs is 1. The minimum atomic E-state index is -3.61. The summed E-state index contributed by atoms with van der Waals surface area (Å²) in [6, 6.07) is 6.09. The Morgan fingerprint density at radius 3 is 2.68 bits per heavy atom. The highest BCUT2D eigenvalue weighted by Crippen LogP contribution is 2.29. The smallest absolute Gasteiger partial charge is 0.314 e. The molecule has 9 heteroatoms. The van der Waals surface area contributed by atoms with E-state index in [9.17, 15) is 22.8 Å². The Bertz CT molecular complexity index is 835. The molecule has 0 saturated carbocycles. The van der Waals surface area contributed by atoms with E-state index in [1.807, 2.05) is 6.07 Å². The molecule has 2 heterocycles. The van der Waals surface area contributed by atoms with Crippen LogP contribution in [0.4, 0.5) is 0 Å². The van der Waals surface area contributed by atoms with E-state index >= 15 is 0 Å². The summed E-state index contributed by atoms with van der Waals surface area (Å²) < 4.78 is 28.4. The number of carbonyl (C=O) groups excluding carboxylic acids is 3. The van der Waals surface area contributed by atoms with Gasteiger partial charge in [0, 0.05) is 13.1 Å². The largest absolute Gasteiger partial charge is 0.468 e. The number of carbonyl (C=O) groups is 3. The van der Waals surface area contributed by atoms with Gasteiger partial charge in [-0.15, -0.1) is 0 Å². The fraction of sp³-hybridized carbons (Fsp3) is 0.438. The molecule has 1 saturated heterocycles. The first-order chi connectivity index (χ1) is 11.8. The number of amides is 2. The molecule has 2 aliphatic heterocycles. The third-order valence-electron chi connectivity index (χ3n) is 4.40. The van der Waals surface area contributed by atoms with Gasteiger partial charge in [-0.05, 0) is 11.1 Å². The number of ether oxygens (including phenoxy) is 1. The highest BCUT2D eigenvalue weighted by Gasteiger charge is 2.39. The maximum Gasteiger partial charge on any atom is 0.314 e. The highest BCUT2D eigenvalue weighted by atomic mass is 32.2. The molecule has 0 bridgehead atoms.